The highest BCUT2D eigenvalue weighted by molar-refractivity contribution is 7.99. The molecule has 154 valence electrons. The van der Waals surface area contributed by atoms with Gasteiger partial charge in [-0.1, -0.05) is 24.3 Å². The molecule has 8 heteroatoms. The Morgan fingerprint density at radius 1 is 0.897 bits per heavy atom. The predicted molar refractivity (Wildman–Crippen MR) is 106 cm³/mol. The Bertz CT molecular complexity index is 851. The molecule has 4 nitrogen and oxygen atoms in total. The average Bonchev–Trinajstić information content (AvgIpc) is 2.73. The summed E-state index contributed by atoms with van der Waals surface area (Å²) in [6, 6.07) is 14.3. The van der Waals surface area contributed by atoms with Crippen molar-refractivity contribution in [1.29, 1.82) is 0 Å². The normalized spacial score (nSPS) is 14.7. The van der Waals surface area contributed by atoms with Crippen LogP contribution >= 0.6 is 11.8 Å². The highest BCUT2D eigenvalue weighted by Crippen LogP contribution is 2.29. The van der Waals surface area contributed by atoms with Gasteiger partial charge in [-0.2, -0.15) is 13.2 Å². The fourth-order valence-corrected chi connectivity index (χ4v) is 3.96. The average molecular weight is 422 g/mol. The zero-order valence-corrected chi connectivity index (χ0v) is 16.5. The van der Waals surface area contributed by atoms with Gasteiger partial charge in [-0.05, 0) is 30.3 Å². The summed E-state index contributed by atoms with van der Waals surface area (Å²) in [6.45, 7) is 1.40. The van der Waals surface area contributed by atoms with Gasteiger partial charge in [0.15, 0.2) is 0 Å². The van der Waals surface area contributed by atoms with Crippen molar-refractivity contribution < 1.29 is 22.8 Å². The molecule has 0 aliphatic carbocycles. The van der Waals surface area contributed by atoms with Crippen molar-refractivity contribution in [1.82, 2.24) is 9.80 Å². The molecular formula is C21H21F3N2O2S. The molecule has 0 unspecified atom stereocenters. The van der Waals surface area contributed by atoms with E-state index in [1.807, 2.05) is 30.3 Å². The molecule has 0 atom stereocenters. The van der Waals surface area contributed by atoms with E-state index in [-0.39, 0.29) is 11.5 Å². The molecule has 29 heavy (non-hydrogen) atoms. The first-order valence-electron chi connectivity index (χ1n) is 9.27. The van der Waals surface area contributed by atoms with Gasteiger partial charge >= 0.3 is 6.18 Å². The van der Waals surface area contributed by atoms with Crippen molar-refractivity contribution in [3.05, 3.63) is 65.7 Å². The molecule has 2 aromatic carbocycles. The molecule has 0 N–H and O–H groups in total. The lowest BCUT2D eigenvalue weighted by atomic mass is 10.1. The van der Waals surface area contributed by atoms with Crippen LogP contribution < -0.4 is 0 Å². The maximum Gasteiger partial charge on any atom is 0.416 e. The summed E-state index contributed by atoms with van der Waals surface area (Å²) in [6.07, 6.45) is -4.08. The number of piperazine rings is 1. The minimum Gasteiger partial charge on any atom is -0.339 e. The maximum atomic E-state index is 12.9. The largest absolute Gasteiger partial charge is 0.416 e. The van der Waals surface area contributed by atoms with Gasteiger partial charge in [0.05, 0.1) is 5.56 Å². The monoisotopic (exact) mass is 422 g/mol. The summed E-state index contributed by atoms with van der Waals surface area (Å²) in [4.78, 5) is 29.2. The number of halogens is 3. The second-order valence-corrected chi connectivity index (χ2v) is 7.83. The summed E-state index contributed by atoms with van der Waals surface area (Å²) in [5.74, 6) is 0.258. The Morgan fingerprint density at radius 2 is 1.55 bits per heavy atom. The van der Waals surface area contributed by atoms with Crippen molar-refractivity contribution in [3.8, 4) is 0 Å². The molecule has 1 heterocycles. The van der Waals surface area contributed by atoms with Gasteiger partial charge in [-0.3, -0.25) is 9.59 Å². The van der Waals surface area contributed by atoms with Crippen LogP contribution in [-0.2, 0) is 11.0 Å². The standard InChI is InChI=1S/C21H21F3N2O2S/c22-21(23,24)17-6-4-5-16(15-17)20(28)26-12-10-25(11-13-26)19(27)9-14-29-18-7-2-1-3-8-18/h1-8,15H,9-14H2. The van der Waals surface area contributed by atoms with Gasteiger partial charge in [0, 0.05) is 48.8 Å². The van der Waals surface area contributed by atoms with Crippen LogP contribution in [0.3, 0.4) is 0 Å². The van der Waals surface area contributed by atoms with Crippen LogP contribution in [0.15, 0.2) is 59.5 Å². The first-order chi connectivity index (χ1) is 13.8. The Kier molecular flexibility index (Phi) is 6.84. The van der Waals surface area contributed by atoms with Crippen LogP contribution in [0.4, 0.5) is 13.2 Å². The lowest BCUT2D eigenvalue weighted by molar-refractivity contribution is -0.137. The molecule has 1 fully saturated rings. The smallest absolute Gasteiger partial charge is 0.339 e. The zero-order valence-electron chi connectivity index (χ0n) is 15.7. The van der Waals surface area contributed by atoms with E-state index in [0.717, 1.165) is 17.0 Å². The minimum absolute atomic E-state index is 0.0128. The number of rotatable bonds is 5. The van der Waals surface area contributed by atoms with E-state index in [4.69, 9.17) is 0 Å². The number of hydrogen-bond donors (Lipinski definition) is 0. The van der Waals surface area contributed by atoms with Crippen LogP contribution in [0.2, 0.25) is 0 Å². The van der Waals surface area contributed by atoms with E-state index < -0.39 is 17.6 Å². The van der Waals surface area contributed by atoms with E-state index in [2.05, 4.69) is 0 Å². The summed E-state index contributed by atoms with van der Waals surface area (Å²) in [5, 5.41) is 0. The van der Waals surface area contributed by atoms with Crippen LogP contribution in [0, 0.1) is 0 Å². The Hall–Kier alpha value is -2.48. The number of alkyl halides is 3. The van der Waals surface area contributed by atoms with Crippen molar-refractivity contribution >= 4 is 23.6 Å². The van der Waals surface area contributed by atoms with Crippen LogP contribution in [0.1, 0.15) is 22.3 Å². The van der Waals surface area contributed by atoms with Gasteiger partial charge in [0.1, 0.15) is 0 Å². The SMILES string of the molecule is O=C(CCSc1ccccc1)N1CCN(C(=O)c2cccc(C(F)(F)F)c2)CC1. The maximum absolute atomic E-state index is 12.9. The number of carbonyl (C=O) groups is 2. The third kappa shape index (κ3) is 5.76. The fourth-order valence-electron chi connectivity index (χ4n) is 3.10. The van der Waals surface area contributed by atoms with E-state index in [1.54, 1.807) is 16.7 Å². The molecule has 1 saturated heterocycles. The molecule has 0 aromatic heterocycles. The molecule has 3 rings (SSSR count). The van der Waals surface area contributed by atoms with Gasteiger partial charge in [-0.25, -0.2) is 0 Å². The predicted octanol–water partition coefficient (Wildman–Crippen LogP) is 4.17. The zero-order chi connectivity index (χ0) is 20.9. The van der Waals surface area contributed by atoms with Gasteiger partial charge < -0.3 is 9.80 Å². The lowest BCUT2D eigenvalue weighted by Crippen LogP contribution is -2.50. The molecule has 0 spiro atoms. The Labute approximate surface area is 171 Å². The summed E-state index contributed by atoms with van der Waals surface area (Å²) < 4.78 is 38.6. The van der Waals surface area contributed by atoms with Gasteiger partial charge in [0.25, 0.3) is 5.91 Å². The first-order valence-corrected chi connectivity index (χ1v) is 10.3. The van der Waals surface area contributed by atoms with Crippen LogP contribution in [-0.4, -0.2) is 53.5 Å². The molecule has 0 bridgehead atoms. The number of carbonyl (C=O) groups excluding carboxylic acids is 2. The second kappa shape index (κ2) is 9.35. The van der Waals surface area contributed by atoms with Crippen molar-refractivity contribution in [2.24, 2.45) is 0 Å². The fraction of sp³-hybridized carbons (Fsp3) is 0.333. The third-order valence-corrected chi connectivity index (χ3v) is 5.70. The topological polar surface area (TPSA) is 40.6 Å². The van der Waals surface area contributed by atoms with Crippen molar-refractivity contribution in [2.75, 3.05) is 31.9 Å². The first kappa shape index (κ1) is 21.2. The molecular weight excluding hydrogens is 401 g/mol. The van der Waals surface area contributed by atoms with Crippen LogP contribution in [0.5, 0.6) is 0 Å². The summed E-state index contributed by atoms with van der Waals surface area (Å²) >= 11 is 1.61. The number of amides is 2. The molecule has 0 saturated carbocycles. The third-order valence-electron chi connectivity index (χ3n) is 4.68. The van der Waals surface area contributed by atoms with Gasteiger partial charge in [-0.15, -0.1) is 11.8 Å². The van der Waals surface area contributed by atoms with Gasteiger partial charge in [0.2, 0.25) is 5.91 Å². The molecule has 0 radical (unpaired) electrons. The molecule has 2 aromatic rings. The summed E-state index contributed by atoms with van der Waals surface area (Å²) in [5.41, 5.74) is -0.827. The number of nitrogens with zero attached hydrogens (tertiary/aromatic N) is 2. The molecule has 1 aliphatic rings. The minimum atomic E-state index is -4.49. The van der Waals surface area contributed by atoms with E-state index in [1.165, 1.54) is 17.0 Å². The lowest BCUT2D eigenvalue weighted by Gasteiger charge is -2.35. The number of benzene rings is 2. The van der Waals surface area contributed by atoms with E-state index >= 15 is 0 Å². The Morgan fingerprint density at radius 3 is 2.21 bits per heavy atom. The second-order valence-electron chi connectivity index (χ2n) is 6.66. The molecule has 1 aliphatic heterocycles. The summed E-state index contributed by atoms with van der Waals surface area (Å²) in [7, 11) is 0. The highest BCUT2D eigenvalue weighted by atomic mass is 32.2. The number of hydrogen-bond acceptors (Lipinski definition) is 3. The molecule has 2 amide bonds. The van der Waals surface area contributed by atoms with Crippen molar-refractivity contribution in [3.63, 3.8) is 0 Å². The van der Waals surface area contributed by atoms with Crippen molar-refractivity contribution in [2.45, 2.75) is 17.5 Å². The van der Waals surface area contributed by atoms with E-state index in [9.17, 15) is 22.8 Å². The van der Waals surface area contributed by atoms with E-state index in [0.29, 0.717) is 38.4 Å². The highest BCUT2D eigenvalue weighted by Gasteiger charge is 2.32. The number of thioether (sulfide) groups is 1. The quantitative estimate of drug-likeness (QED) is 0.679. The van der Waals surface area contributed by atoms with Crippen LogP contribution in [0.25, 0.3) is 0 Å². The Balaban J connectivity index is 1.48.